The van der Waals surface area contributed by atoms with Crippen molar-refractivity contribution in [1.29, 1.82) is 0 Å². The highest BCUT2D eigenvalue weighted by molar-refractivity contribution is 5.67. The van der Waals surface area contributed by atoms with Gasteiger partial charge in [-0.1, -0.05) is 37.3 Å². The van der Waals surface area contributed by atoms with Crippen LogP contribution in [0.25, 0.3) is 0 Å². The quantitative estimate of drug-likeness (QED) is 0.873. The van der Waals surface area contributed by atoms with Gasteiger partial charge in [0, 0.05) is 19.1 Å². The lowest BCUT2D eigenvalue weighted by Gasteiger charge is -2.28. The summed E-state index contributed by atoms with van der Waals surface area (Å²) in [6, 6.07) is 10.6. The van der Waals surface area contributed by atoms with Gasteiger partial charge in [-0.3, -0.25) is 4.90 Å². The van der Waals surface area contributed by atoms with Crippen molar-refractivity contribution in [2.45, 2.75) is 52.3 Å². The summed E-state index contributed by atoms with van der Waals surface area (Å²) in [5.74, 6) is 0. The van der Waals surface area contributed by atoms with Gasteiger partial charge in [0.05, 0.1) is 0 Å². The third kappa shape index (κ3) is 7.14. The fourth-order valence-electron chi connectivity index (χ4n) is 2.13. The second-order valence-electron chi connectivity index (χ2n) is 6.35. The fraction of sp³-hybridized carbons (Fsp3) is 0.588. The summed E-state index contributed by atoms with van der Waals surface area (Å²) < 4.78 is 5.26. The maximum Gasteiger partial charge on any atom is 0.407 e. The molecule has 0 radical (unpaired) electrons. The number of amides is 1. The van der Waals surface area contributed by atoms with Crippen LogP contribution in [0.1, 0.15) is 39.7 Å². The number of likely N-dealkylation sites (N-methyl/N-ethyl adjacent to an activating group) is 1. The SMILES string of the molecule is CCC(CNC(=O)OC(C)(C)C)N(C)Cc1ccccc1. The number of hydrogen-bond acceptors (Lipinski definition) is 3. The molecule has 1 unspecified atom stereocenters. The van der Waals surface area contributed by atoms with Crippen LogP contribution in [-0.4, -0.2) is 36.2 Å². The topological polar surface area (TPSA) is 41.6 Å². The summed E-state index contributed by atoms with van der Waals surface area (Å²) in [6.07, 6.45) is 0.619. The number of hydrogen-bond donors (Lipinski definition) is 1. The highest BCUT2D eigenvalue weighted by atomic mass is 16.6. The molecule has 1 N–H and O–H groups in total. The summed E-state index contributed by atoms with van der Waals surface area (Å²) in [4.78, 5) is 14.0. The molecule has 21 heavy (non-hydrogen) atoms. The van der Waals surface area contributed by atoms with Gasteiger partial charge in [-0.25, -0.2) is 4.79 Å². The minimum absolute atomic E-state index is 0.290. The standard InChI is InChI=1S/C17H28N2O2/c1-6-15(12-18-16(20)21-17(2,3)4)19(5)13-14-10-8-7-9-11-14/h7-11,15H,6,12-13H2,1-5H3,(H,18,20). The van der Waals surface area contributed by atoms with Crippen molar-refractivity contribution in [3.63, 3.8) is 0 Å². The Labute approximate surface area is 128 Å². The van der Waals surface area contributed by atoms with Gasteiger partial charge in [0.1, 0.15) is 5.60 Å². The molecule has 0 spiro atoms. The van der Waals surface area contributed by atoms with E-state index in [4.69, 9.17) is 4.74 Å². The van der Waals surface area contributed by atoms with E-state index in [1.807, 2.05) is 39.0 Å². The van der Waals surface area contributed by atoms with Crippen LogP contribution in [0.4, 0.5) is 4.79 Å². The van der Waals surface area contributed by atoms with Crippen LogP contribution in [0, 0.1) is 0 Å². The van der Waals surface area contributed by atoms with Crippen LogP contribution >= 0.6 is 0 Å². The summed E-state index contributed by atoms with van der Waals surface area (Å²) in [6.45, 7) is 9.19. The molecular formula is C17H28N2O2. The molecular weight excluding hydrogens is 264 g/mol. The van der Waals surface area contributed by atoms with E-state index < -0.39 is 5.60 Å². The maximum absolute atomic E-state index is 11.7. The Morgan fingerprint density at radius 2 is 1.90 bits per heavy atom. The molecule has 0 aliphatic rings. The van der Waals surface area contributed by atoms with E-state index in [-0.39, 0.29) is 12.1 Å². The van der Waals surface area contributed by atoms with Crippen molar-refractivity contribution < 1.29 is 9.53 Å². The van der Waals surface area contributed by atoms with Gasteiger partial charge in [0.25, 0.3) is 0 Å². The molecule has 0 saturated heterocycles. The van der Waals surface area contributed by atoms with Gasteiger partial charge in [-0.2, -0.15) is 0 Å². The first-order valence-corrected chi connectivity index (χ1v) is 7.53. The van der Waals surface area contributed by atoms with Gasteiger partial charge in [0.2, 0.25) is 0 Å². The highest BCUT2D eigenvalue weighted by Crippen LogP contribution is 2.09. The molecule has 118 valence electrons. The van der Waals surface area contributed by atoms with Crippen LogP contribution < -0.4 is 5.32 Å². The molecule has 4 nitrogen and oxygen atoms in total. The minimum Gasteiger partial charge on any atom is -0.444 e. The first kappa shape index (κ1) is 17.5. The molecule has 1 atom stereocenters. The van der Waals surface area contributed by atoms with E-state index in [1.54, 1.807) is 0 Å². The van der Waals surface area contributed by atoms with Crippen molar-refractivity contribution in [3.05, 3.63) is 35.9 Å². The Kier molecular flexibility index (Phi) is 6.69. The van der Waals surface area contributed by atoms with E-state index in [1.165, 1.54) is 5.56 Å². The normalized spacial score (nSPS) is 13.0. The number of nitrogens with zero attached hydrogens (tertiary/aromatic N) is 1. The van der Waals surface area contributed by atoms with Crippen molar-refractivity contribution >= 4 is 6.09 Å². The average Bonchev–Trinajstić information content (AvgIpc) is 2.38. The monoisotopic (exact) mass is 292 g/mol. The molecule has 0 bridgehead atoms. The Balaban J connectivity index is 2.45. The average molecular weight is 292 g/mol. The van der Waals surface area contributed by atoms with Crippen LogP contribution in [0.5, 0.6) is 0 Å². The zero-order valence-corrected chi connectivity index (χ0v) is 13.8. The summed E-state index contributed by atoms with van der Waals surface area (Å²) in [5, 5.41) is 2.85. The van der Waals surface area contributed by atoms with Gasteiger partial charge >= 0.3 is 6.09 Å². The lowest BCUT2D eigenvalue weighted by atomic mass is 10.1. The first-order valence-electron chi connectivity index (χ1n) is 7.53. The van der Waals surface area contributed by atoms with E-state index >= 15 is 0 Å². The fourth-order valence-corrected chi connectivity index (χ4v) is 2.13. The van der Waals surface area contributed by atoms with Crippen LogP contribution in [0.2, 0.25) is 0 Å². The number of benzene rings is 1. The lowest BCUT2D eigenvalue weighted by Crippen LogP contribution is -2.43. The van der Waals surface area contributed by atoms with E-state index in [9.17, 15) is 4.79 Å². The third-order valence-corrected chi connectivity index (χ3v) is 3.25. The predicted octanol–water partition coefficient (Wildman–Crippen LogP) is 3.42. The third-order valence-electron chi connectivity index (χ3n) is 3.25. The highest BCUT2D eigenvalue weighted by Gasteiger charge is 2.18. The van der Waals surface area contributed by atoms with Crippen LogP contribution in [0.15, 0.2) is 30.3 Å². The van der Waals surface area contributed by atoms with Crippen molar-refractivity contribution in [1.82, 2.24) is 10.2 Å². The number of alkyl carbamates (subject to hydrolysis) is 1. The van der Waals surface area contributed by atoms with Crippen LogP contribution in [0.3, 0.4) is 0 Å². The maximum atomic E-state index is 11.7. The smallest absolute Gasteiger partial charge is 0.407 e. The van der Waals surface area contributed by atoms with Crippen LogP contribution in [-0.2, 0) is 11.3 Å². The largest absolute Gasteiger partial charge is 0.444 e. The second-order valence-corrected chi connectivity index (χ2v) is 6.35. The minimum atomic E-state index is -0.457. The number of rotatable bonds is 6. The molecule has 0 aliphatic carbocycles. The molecule has 4 heteroatoms. The number of nitrogens with one attached hydrogen (secondary N) is 1. The Hall–Kier alpha value is -1.55. The van der Waals surface area contributed by atoms with Gasteiger partial charge in [0.15, 0.2) is 0 Å². The summed E-state index contributed by atoms with van der Waals surface area (Å²) in [7, 11) is 2.08. The van der Waals surface area contributed by atoms with E-state index in [0.717, 1.165) is 13.0 Å². The number of carbonyl (C=O) groups excluding carboxylic acids is 1. The van der Waals surface area contributed by atoms with Gasteiger partial charge in [-0.15, -0.1) is 0 Å². The molecule has 1 aromatic rings. The van der Waals surface area contributed by atoms with Crippen molar-refractivity contribution in [2.24, 2.45) is 0 Å². The summed E-state index contributed by atoms with van der Waals surface area (Å²) >= 11 is 0. The van der Waals surface area contributed by atoms with E-state index in [2.05, 4.69) is 36.3 Å². The molecule has 1 rings (SSSR count). The Morgan fingerprint density at radius 1 is 1.29 bits per heavy atom. The van der Waals surface area contributed by atoms with Crippen molar-refractivity contribution in [2.75, 3.05) is 13.6 Å². The van der Waals surface area contributed by atoms with Crippen molar-refractivity contribution in [3.8, 4) is 0 Å². The van der Waals surface area contributed by atoms with E-state index in [0.29, 0.717) is 6.54 Å². The molecule has 0 fully saturated rings. The predicted molar refractivity (Wildman–Crippen MR) is 86.2 cm³/mol. The lowest BCUT2D eigenvalue weighted by molar-refractivity contribution is 0.0509. The summed E-state index contributed by atoms with van der Waals surface area (Å²) in [5.41, 5.74) is 0.817. The zero-order valence-electron chi connectivity index (χ0n) is 13.8. The zero-order chi connectivity index (χ0) is 15.9. The number of carbonyl (C=O) groups is 1. The first-order chi connectivity index (χ1) is 9.81. The Morgan fingerprint density at radius 3 is 2.43 bits per heavy atom. The number of ether oxygens (including phenoxy) is 1. The molecule has 0 aliphatic heterocycles. The Bertz CT molecular complexity index is 426. The van der Waals surface area contributed by atoms with Gasteiger partial charge in [-0.05, 0) is 39.8 Å². The molecule has 0 aromatic heterocycles. The second kappa shape index (κ2) is 8.03. The molecule has 0 heterocycles. The molecule has 1 aromatic carbocycles. The van der Waals surface area contributed by atoms with Gasteiger partial charge < -0.3 is 10.1 Å². The molecule has 0 saturated carbocycles. The molecule has 1 amide bonds.